The molecule has 0 saturated heterocycles. The molecule has 1 aromatic rings. The molecule has 0 radical (unpaired) electrons. The van der Waals surface area contributed by atoms with E-state index in [1.165, 1.54) is 12.1 Å². The average Bonchev–Trinajstić information content (AvgIpc) is 2.90. The lowest BCUT2D eigenvalue weighted by molar-refractivity contribution is 0.127. The molecule has 2 aliphatic carbocycles. The summed E-state index contributed by atoms with van der Waals surface area (Å²) in [5.41, 5.74) is -0.0906. The van der Waals surface area contributed by atoms with E-state index in [0.29, 0.717) is 5.92 Å². The van der Waals surface area contributed by atoms with E-state index in [2.05, 4.69) is 25.5 Å². The molecule has 0 spiro atoms. The molecule has 0 aliphatic heterocycles. The zero-order valence-electron chi connectivity index (χ0n) is 13.3. The molecule has 3 atom stereocenters. The minimum absolute atomic E-state index is 0.00999. The Balaban J connectivity index is 1.98. The summed E-state index contributed by atoms with van der Waals surface area (Å²) in [6.07, 6.45) is 3.26. The van der Waals surface area contributed by atoms with Crippen molar-refractivity contribution in [1.29, 1.82) is 0 Å². The van der Waals surface area contributed by atoms with Gasteiger partial charge in [0.25, 0.3) is 0 Å². The van der Waals surface area contributed by atoms with Crippen molar-refractivity contribution < 1.29 is 8.42 Å². The largest absolute Gasteiger partial charge is 0.242 e. The van der Waals surface area contributed by atoms with E-state index in [0.717, 1.165) is 19.3 Å². The highest BCUT2D eigenvalue weighted by Crippen LogP contribution is 2.62. The van der Waals surface area contributed by atoms with Crippen molar-refractivity contribution in [3.8, 4) is 0 Å². The van der Waals surface area contributed by atoms with Crippen LogP contribution in [0, 0.1) is 16.7 Å². The number of nitrogens with one attached hydrogen (secondary N) is 1. The Hall–Kier alpha value is -0.000000000000000111. The third-order valence-electron chi connectivity index (χ3n) is 5.81. The molecule has 0 amide bonds. The fourth-order valence-electron chi connectivity index (χ4n) is 4.53. The van der Waals surface area contributed by atoms with Gasteiger partial charge in [0.1, 0.15) is 4.90 Å². The van der Waals surface area contributed by atoms with Crippen LogP contribution in [0.25, 0.3) is 0 Å². The maximum atomic E-state index is 12.9. The first kappa shape index (κ1) is 17.8. The fourth-order valence-corrected chi connectivity index (χ4v) is 7.06. The van der Waals surface area contributed by atoms with Gasteiger partial charge in [-0.2, -0.15) is 0 Å². The van der Waals surface area contributed by atoms with Crippen LogP contribution in [-0.4, -0.2) is 14.5 Å². The summed E-state index contributed by atoms with van der Waals surface area (Å²) in [6.45, 7) is 6.46. The van der Waals surface area contributed by atoms with Crippen LogP contribution < -0.4 is 4.72 Å². The minimum atomic E-state index is -3.77. The van der Waals surface area contributed by atoms with Crippen molar-refractivity contribution in [2.45, 2.75) is 51.0 Å². The Morgan fingerprint density at radius 2 is 1.70 bits per heavy atom. The Kier molecular flexibility index (Phi) is 4.26. The van der Waals surface area contributed by atoms with Crippen molar-refractivity contribution in [3.05, 3.63) is 27.2 Å². The van der Waals surface area contributed by atoms with E-state index >= 15 is 0 Å². The predicted molar refractivity (Wildman–Crippen MR) is 94.8 cm³/mol. The van der Waals surface area contributed by atoms with E-state index in [1.807, 2.05) is 0 Å². The van der Waals surface area contributed by atoms with Crippen molar-refractivity contribution in [2.75, 3.05) is 0 Å². The van der Waals surface area contributed by atoms with Crippen LogP contribution in [0.1, 0.15) is 40.0 Å². The quantitative estimate of drug-likeness (QED) is 0.719. The molecule has 2 aliphatic rings. The zero-order valence-corrected chi connectivity index (χ0v) is 16.4. The molecular weight excluding hydrogens is 377 g/mol. The van der Waals surface area contributed by atoms with E-state index in [4.69, 9.17) is 34.8 Å². The Morgan fingerprint density at radius 3 is 2.26 bits per heavy atom. The fraction of sp³-hybridized carbons (Fsp3) is 0.625. The molecular formula is C16H20Cl3NO2S. The molecule has 0 aromatic heterocycles. The third-order valence-corrected chi connectivity index (χ3v) is 8.42. The highest BCUT2D eigenvalue weighted by Gasteiger charge is 2.60. The van der Waals surface area contributed by atoms with Crippen molar-refractivity contribution in [3.63, 3.8) is 0 Å². The van der Waals surface area contributed by atoms with Crippen LogP contribution in [0.3, 0.4) is 0 Å². The molecule has 0 heterocycles. The number of hydrogen-bond donors (Lipinski definition) is 1. The number of sulfonamides is 1. The van der Waals surface area contributed by atoms with E-state index in [9.17, 15) is 8.42 Å². The molecule has 23 heavy (non-hydrogen) atoms. The highest BCUT2D eigenvalue weighted by molar-refractivity contribution is 7.89. The van der Waals surface area contributed by atoms with E-state index < -0.39 is 10.0 Å². The molecule has 3 nitrogen and oxygen atoms in total. The smallest absolute Gasteiger partial charge is 0.207 e. The second kappa shape index (κ2) is 5.50. The summed E-state index contributed by atoms with van der Waals surface area (Å²) in [5.74, 6) is 0.546. The maximum absolute atomic E-state index is 12.9. The highest BCUT2D eigenvalue weighted by atomic mass is 35.5. The monoisotopic (exact) mass is 395 g/mol. The van der Waals surface area contributed by atoms with Crippen LogP contribution >= 0.6 is 34.8 Å². The lowest BCUT2D eigenvalue weighted by atomic mass is 9.69. The zero-order chi connectivity index (χ0) is 17.2. The number of benzene rings is 1. The summed E-state index contributed by atoms with van der Waals surface area (Å²) in [5, 5.41) is 0.496. The van der Waals surface area contributed by atoms with E-state index in [1.54, 1.807) is 0 Å². The first-order chi connectivity index (χ1) is 10.5. The second-order valence-electron chi connectivity index (χ2n) is 7.67. The van der Waals surface area contributed by atoms with Gasteiger partial charge in [0.2, 0.25) is 10.0 Å². The third kappa shape index (κ3) is 2.81. The van der Waals surface area contributed by atoms with Gasteiger partial charge in [-0.15, -0.1) is 0 Å². The lowest BCUT2D eigenvalue weighted by Gasteiger charge is -2.42. The van der Waals surface area contributed by atoms with Gasteiger partial charge >= 0.3 is 0 Å². The number of hydrogen-bond acceptors (Lipinski definition) is 2. The second-order valence-corrected chi connectivity index (χ2v) is 10.6. The topological polar surface area (TPSA) is 46.2 Å². The molecule has 2 fully saturated rings. The van der Waals surface area contributed by atoms with Gasteiger partial charge < -0.3 is 0 Å². The summed E-state index contributed by atoms with van der Waals surface area (Å²) in [4.78, 5) is -0.0178. The van der Waals surface area contributed by atoms with Crippen molar-refractivity contribution in [1.82, 2.24) is 4.72 Å². The standard InChI is InChI=1S/C16H20Cl3NO2S/c1-15(2)9-4-5-16(3,8-9)14(15)20-23(21,22)13-7-11(18)10(17)6-12(13)19/h6-7,9,14,20H,4-5,8H2,1-3H3/t9-,14-,16+/m0/s1. The normalized spacial score (nSPS) is 32.4. The number of halogens is 3. The van der Waals surface area contributed by atoms with Gasteiger partial charge in [-0.25, -0.2) is 13.1 Å². The van der Waals surface area contributed by atoms with Gasteiger partial charge in [0, 0.05) is 6.04 Å². The van der Waals surface area contributed by atoms with Crippen molar-refractivity contribution in [2.24, 2.45) is 16.7 Å². The van der Waals surface area contributed by atoms with Crippen molar-refractivity contribution >= 4 is 44.8 Å². The van der Waals surface area contributed by atoms with Gasteiger partial charge in [-0.3, -0.25) is 0 Å². The summed E-state index contributed by atoms with van der Waals surface area (Å²) in [6, 6.07) is 2.56. The Morgan fingerprint density at radius 1 is 1.09 bits per heavy atom. The van der Waals surface area contributed by atoms with Crippen LogP contribution in [0.2, 0.25) is 15.1 Å². The molecule has 128 valence electrons. The van der Waals surface area contributed by atoms with Gasteiger partial charge in [0.15, 0.2) is 0 Å². The Labute approximate surface area is 152 Å². The predicted octanol–water partition coefficient (Wildman–Crippen LogP) is 5.14. The Bertz CT molecular complexity index is 758. The van der Waals surface area contributed by atoms with Gasteiger partial charge in [-0.05, 0) is 48.1 Å². The molecule has 7 heteroatoms. The van der Waals surface area contributed by atoms with E-state index in [-0.39, 0.29) is 36.8 Å². The lowest BCUT2D eigenvalue weighted by Crippen LogP contribution is -2.52. The van der Waals surface area contributed by atoms with Gasteiger partial charge in [-0.1, -0.05) is 55.6 Å². The molecule has 2 saturated carbocycles. The summed E-state index contributed by atoms with van der Waals surface area (Å²) >= 11 is 18.0. The number of fused-ring (bicyclic) bond motifs is 2. The van der Waals surface area contributed by atoms with Crippen LogP contribution in [0.15, 0.2) is 17.0 Å². The minimum Gasteiger partial charge on any atom is -0.207 e. The molecule has 1 N–H and O–H groups in total. The average molecular weight is 397 g/mol. The molecule has 2 bridgehead atoms. The van der Waals surface area contributed by atoms with Crippen LogP contribution in [0.4, 0.5) is 0 Å². The first-order valence-corrected chi connectivity index (χ1v) is 10.3. The summed E-state index contributed by atoms with van der Waals surface area (Å²) < 4.78 is 28.7. The van der Waals surface area contributed by atoms with Crippen LogP contribution in [0.5, 0.6) is 0 Å². The van der Waals surface area contributed by atoms with Crippen LogP contribution in [-0.2, 0) is 10.0 Å². The van der Waals surface area contributed by atoms with Gasteiger partial charge in [0.05, 0.1) is 15.1 Å². The molecule has 0 unspecified atom stereocenters. The number of rotatable bonds is 3. The summed E-state index contributed by atoms with van der Waals surface area (Å²) in [7, 11) is -3.77. The SMILES string of the molecule is CC1(C)[C@H]2CC[C@](C)(C2)[C@H]1NS(=O)(=O)c1cc(Cl)c(Cl)cc1Cl. The maximum Gasteiger partial charge on any atom is 0.242 e. The molecule has 3 rings (SSSR count). The molecule has 1 aromatic carbocycles. The first-order valence-electron chi connectivity index (χ1n) is 7.64.